The van der Waals surface area contributed by atoms with Crippen LogP contribution < -0.4 is 5.19 Å². The molecule has 2 heterocycles. The number of pyridine rings is 1. The molecule has 0 aliphatic rings. The number of aromatic nitrogens is 1. The van der Waals surface area contributed by atoms with E-state index >= 15 is 0 Å². The molecule has 0 amide bonds. The van der Waals surface area contributed by atoms with Crippen LogP contribution in [0.4, 0.5) is 0 Å². The lowest BCUT2D eigenvalue weighted by molar-refractivity contribution is 0.589. The van der Waals surface area contributed by atoms with Crippen molar-refractivity contribution in [3.05, 3.63) is 60.3 Å². The van der Waals surface area contributed by atoms with Gasteiger partial charge in [0.05, 0.1) is 13.8 Å². The second-order valence-corrected chi connectivity index (χ2v) is 14.5. The Kier molecular flexibility index (Phi) is 4.04. The van der Waals surface area contributed by atoms with Gasteiger partial charge in [0.2, 0.25) is 0 Å². The summed E-state index contributed by atoms with van der Waals surface area (Å²) in [6, 6.07) is 17.3. The Hall–Kier alpha value is -2.39. The van der Waals surface area contributed by atoms with Gasteiger partial charge in [-0.2, -0.15) is 0 Å². The zero-order valence-corrected chi connectivity index (χ0v) is 18.1. The average Bonchev–Trinajstić information content (AvgIpc) is 2.98. The van der Waals surface area contributed by atoms with Gasteiger partial charge in [-0.25, -0.2) is 0 Å². The molecule has 0 saturated heterocycles. The minimum atomic E-state index is -1.50. The lowest BCUT2D eigenvalue weighted by Gasteiger charge is -2.21. The second-order valence-electron chi connectivity index (χ2n) is 9.43. The third kappa shape index (κ3) is 3.21. The molecule has 138 valence electrons. The predicted molar refractivity (Wildman–Crippen MR) is 119 cm³/mol. The van der Waals surface area contributed by atoms with E-state index in [2.05, 4.69) is 76.8 Å². The molecular formula is C24H27NOSi. The summed E-state index contributed by atoms with van der Waals surface area (Å²) in [7, 11) is -1.50. The predicted octanol–water partition coefficient (Wildman–Crippen LogP) is 6.49. The first-order valence-electron chi connectivity index (χ1n) is 9.57. The molecule has 0 radical (unpaired) electrons. The summed E-state index contributed by atoms with van der Waals surface area (Å²) >= 11 is 0. The number of fused-ring (bicyclic) bond motifs is 3. The molecule has 0 unspecified atom stereocenters. The minimum Gasteiger partial charge on any atom is -0.455 e. The van der Waals surface area contributed by atoms with Crippen molar-refractivity contribution in [2.24, 2.45) is 0 Å². The Balaban J connectivity index is 2.08. The molecule has 0 bridgehead atoms. The van der Waals surface area contributed by atoms with Crippen molar-refractivity contribution in [2.45, 2.75) is 45.8 Å². The number of benzene rings is 2. The number of furan rings is 1. The molecular weight excluding hydrogens is 346 g/mol. The molecule has 27 heavy (non-hydrogen) atoms. The van der Waals surface area contributed by atoms with Crippen molar-refractivity contribution in [1.29, 1.82) is 0 Å². The van der Waals surface area contributed by atoms with E-state index < -0.39 is 8.07 Å². The van der Waals surface area contributed by atoms with Gasteiger partial charge in [-0.1, -0.05) is 69.9 Å². The van der Waals surface area contributed by atoms with Crippen LogP contribution in [-0.2, 0) is 5.41 Å². The standard InChI is InChI=1S/C24H27NOSi/c1-24(2,3)16-11-12-25-21(13-16)20-15-17(27(4,5)6)14-19-18-9-7-8-10-22(18)26-23(19)20/h7-15H,1-6H3. The Morgan fingerprint density at radius 3 is 2.33 bits per heavy atom. The van der Waals surface area contributed by atoms with Crippen LogP contribution in [0.25, 0.3) is 33.2 Å². The molecule has 0 aliphatic heterocycles. The van der Waals surface area contributed by atoms with Crippen molar-refractivity contribution in [2.75, 3.05) is 0 Å². The Morgan fingerprint density at radius 1 is 0.889 bits per heavy atom. The molecule has 0 spiro atoms. The van der Waals surface area contributed by atoms with Gasteiger partial charge in [0.1, 0.15) is 11.2 Å². The summed E-state index contributed by atoms with van der Waals surface area (Å²) in [5, 5.41) is 3.81. The zero-order chi connectivity index (χ0) is 19.4. The van der Waals surface area contributed by atoms with Gasteiger partial charge < -0.3 is 4.42 Å². The molecule has 2 aromatic carbocycles. The van der Waals surface area contributed by atoms with E-state index in [-0.39, 0.29) is 5.41 Å². The minimum absolute atomic E-state index is 0.0844. The maximum atomic E-state index is 6.31. The second kappa shape index (κ2) is 6.06. The van der Waals surface area contributed by atoms with Gasteiger partial charge in [-0.3, -0.25) is 4.98 Å². The van der Waals surface area contributed by atoms with Gasteiger partial charge >= 0.3 is 0 Å². The summed E-state index contributed by atoms with van der Waals surface area (Å²) in [4.78, 5) is 4.72. The summed E-state index contributed by atoms with van der Waals surface area (Å²) in [6.45, 7) is 13.9. The van der Waals surface area contributed by atoms with Gasteiger partial charge in [-0.15, -0.1) is 0 Å². The van der Waals surface area contributed by atoms with Crippen molar-refractivity contribution < 1.29 is 4.42 Å². The SMILES string of the molecule is CC(C)(C)c1ccnc(-c2cc([Si](C)(C)C)cc3c2oc2ccccc23)c1. The first-order chi connectivity index (χ1) is 12.6. The molecule has 0 atom stereocenters. The van der Waals surface area contributed by atoms with Crippen molar-refractivity contribution in [3.63, 3.8) is 0 Å². The average molecular weight is 374 g/mol. The van der Waals surface area contributed by atoms with Crippen molar-refractivity contribution in [3.8, 4) is 11.3 Å². The fraction of sp³-hybridized carbons (Fsp3) is 0.292. The van der Waals surface area contributed by atoms with Crippen LogP contribution in [0.3, 0.4) is 0 Å². The fourth-order valence-corrected chi connectivity index (χ4v) is 4.65. The first kappa shape index (κ1) is 18.0. The van der Waals surface area contributed by atoms with Crippen LogP contribution in [0, 0.1) is 0 Å². The third-order valence-corrected chi connectivity index (χ3v) is 7.27. The molecule has 4 rings (SSSR count). The van der Waals surface area contributed by atoms with E-state index in [4.69, 9.17) is 9.40 Å². The maximum Gasteiger partial charge on any atom is 0.144 e. The van der Waals surface area contributed by atoms with Crippen LogP contribution in [-0.4, -0.2) is 13.1 Å². The summed E-state index contributed by atoms with van der Waals surface area (Å²) in [6.07, 6.45) is 1.92. The monoisotopic (exact) mass is 373 g/mol. The number of para-hydroxylation sites is 1. The smallest absolute Gasteiger partial charge is 0.144 e. The fourth-order valence-electron chi connectivity index (χ4n) is 3.49. The van der Waals surface area contributed by atoms with Gasteiger partial charge in [0.25, 0.3) is 0 Å². The van der Waals surface area contributed by atoms with Crippen LogP contribution in [0.2, 0.25) is 19.6 Å². The highest BCUT2D eigenvalue weighted by molar-refractivity contribution is 6.89. The van der Waals surface area contributed by atoms with E-state index in [1.54, 1.807) is 0 Å². The molecule has 4 aromatic rings. The number of nitrogens with zero attached hydrogens (tertiary/aromatic N) is 1. The van der Waals surface area contributed by atoms with E-state index in [0.717, 1.165) is 22.4 Å². The third-order valence-electron chi connectivity index (χ3n) is 5.25. The molecule has 0 N–H and O–H groups in total. The highest BCUT2D eigenvalue weighted by Crippen LogP contribution is 2.36. The maximum absolute atomic E-state index is 6.31. The number of hydrogen-bond donors (Lipinski definition) is 0. The van der Waals surface area contributed by atoms with E-state index in [1.165, 1.54) is 21.5 Å². The normalized spacial score (nSPS) is 12.8. The topological polar surface area (TPSA) is 26.0 Å². The van der Waals surface area contributed by atoms with Gasteiger partial charge in [-0.05, 0) is 35.2 Å². The molecule has 0 fully saturated rings. The van der Waals surface area contributed by atoms with Crippen molar-refractivity contribution >= 4 is 35.2 Å². The molecule has 0 saturated carbocycles. The summed E-state index contributed by atoms with van der Waals surface area (Å²) in [5.74, 6) is 0. The van der Waals surface area contributed by atoms with Crippen LogP contribution in [0.5, 0.6) is 0 Å². The first-order valence-corrected chi connectivity index (χ1v) is 13.1. The Labute approximate surface area is 162 Å². The van der Waals surface area contributed by atoms with E-state index in [0.29, 0.717) is 0 Å². The molecule has 2 aromatic heterocycles. The summed E-state index contributed by atoms with van der Waals surface area (Å²) in [5.41, 5.74) is 5.35. The highest BCUT2D eigenvalue weighted by atomic mass is 28.3. The summed E-state index contributed by atoms with van der Waals surface area (Å²) < 4.78 is 6.31. The number of hydrogen-bond acceptors (Lipinski definition) is 2. The number of rotatable bonds is 2. The van der Waals surface area contributed by atoms with Crippen LogP contribution >= 0.6 is 0 Å². The molecule has 0 aliphatic carbocycles. The van der Waals surface area contributed by atoms with Crippen LogP contribution in [0.1, 0.15) is 26.3 Å². The quantitative estimate of drug-likeness (QED) is 0.375. The van der Waals surface area contributed by atoms with Gasteiger partial charge in [0, 0.05) is 22.5 Å². The Bertz CT molecular complexity index is 1140. The highest BCUT2D eigenvalue weighted by Gasteiger charge is 2.23. The van der Waals surface area contributed by atoms with E-state index in [9.17, 15) is 0 Å². The largest absolute Gasteiger partial charge is 0.455 e. The zero-order valence-electron chi connectivity index (χ0n) is 17.1. The Morgan fingerprint density at radius 2 is 1.63 bits per heavy atom. The molecule has 3 heteroatoms. The van der Waals surface area contributed by atoms with Crippen molar-refractivity contribution in [1.82, 2.24) is 4.98 Å². The van der Waals surface area contributed by atoms with Gasteiger partial charge in [0.15, 0.2) is 0 Å². The lowest BCUT2D eigenvalue weighted by Crippen LogP contribution is -2.37. The molecule has 2 nitrogen and oxygen atoms in total. The van der Waals surface area contributed by atoms with E-state index in [1.807, 2.05) is 18.3 Å². The van der Waals surface area contributed by atoms with Crippen LogP contribution in [0.15, 0.2) is 59.1 Å². The lowest BCUT2D eigenvalue weighted by atomic mass is 9.87.